The first-order chi connectivity index (χ1) is 12.2. The SMILES string of the molecule is COc1ccc(CNCc2cn(C)nc2C)cc1CN1CCCCC1. The Morgan fingerprint density at radius 2 is 1.92 bits per heavy atom. The Balaban J connectivity index is 1.61. The number of benzene rings is 1. The largest absolute Gasteiger partial charge is 0.496 e. The van der Waals surface area contributed by atoms with Gasteiger partial charge in [-0.25, -0.2) is 0 Å². The van der Waals surface area contributed by atoms with Crippen molar-refractivity contribution in [1.82, 2.24) is 20.0 Å². The molecule has 5 nitrogen and oxygen atoms in total. The first-order valence-electron chi connectivity index (χ1n) is 9.23. The topological polar surface area (TPSA) is 42.3 Å². The number of methoxy groups -OCH3 is 1. The summed E-state index contributed by atoms with van der Waals surface area (Å²) in [4.78, 5) is 2.54. The zero-order valence-electron chi connectivity index (χ0n) is 15.7. The number of aromatic nitrogens is 2. The molecule has 0 aliphatic carbocycles. The van der Waals surface area contributed by atoms with Crippen molar-refractivity contribution in [2.45, 2.75) is 45.8 Å². The predicted octanol–water partition coefficient (Wildman–Crippen LogP) is 3.01. The van der Waals surface area contributed by atoms with Crippen LogP contribution in [0.3, 0.4) is 0 Å². The van der Waals surface area contributed by atoms with E-state index in [9.17, 15) is 0 Å². The van der Waals surface area contributed by atoms with Crippen LogP contribution in [-0.2, 0) is 26.7 Å². The van der Waals surface area contributed by atoms with Crippen LogP contribution in [0.15, 0.2) is 24.4 Å². The molecule has 0 radical (unpaired) electrons. The van der Waals surface area contributed by atoms with Gasteiger partial charge in [0.2, 0.25) is 0 Å². The molecule has 0 atom stereocenters. The maximum absolute atomic E-state index is 5.58. The lowest BCUT2D eigenvalue weighted by Gasteiger charge is -2.27. The summed E-state index contributed by atoms with van der Waals surface area (Å²) >= 11 is 0. The maximum Gasteiger partial charge on any atom is 0.123 e. The van der Waals surface area contributed by atoms with Crippen LogP contribution in [0, 0.1) is 6.92 Å². The molecule has 0 bridgehead atoms. The minimum Gasteiger partial charge on any atom is -0.496 e. The lowest BCUT2D eigenvalue weighted by molar-refractivity contribution is 0.218. The van der Waals surface area contributed by atoms with E-state index in [-0.39, 0.29) is 0 Å². The molecular formula is C20H30N4O. The highest BCUT2D eigenvalue weighted by atomic mass is 16.5. The second-order valence-electron chi connectivity index (χ2n) is 7.00. The highest BCUT2D eigenvalue weighted by Crippen LogP contribution is 2.23. The van der Waals surface area contributed by atoms with E-state index < -0.39 is 0 Å². The summed E-state index contributed by atoms with van der Waals surface area (Å²) < 4.78 is 7.45. The van der Waals surface area contributed by atoms with Crippen molar-refractivity contribution in [3.8, 4) is 5.75 Å². The Kier molecular flexibility index (Phi) is 6.10. The summed E-state index contributed by atoms with van der Waals surface area (Å²) in [5.74, 6) is 0.998. The van der Waals surface area contributed by atoms with Gasteiger partial charge in [-0.05, 0) is 50.6 Å². The summed E-state index contributed by atoms with van der Waals surface area (Å²) in [6.45, 7) is 7.14. The van der Waals surface area contributed by atoms with E-state index in [1.165, 1.54) is 49.0 Å². The number of likely N-dealkylation sites (tertiary alicyclic amines) is 1. The van der Waals surface area contributed by atoms with Gasteiger partial charge in [0.15, 0.2) is 0 Å². The van der Waals surface area contributed by atoms with Crippen LogP contribution in [0.5, 0.6) is 5.75 Å². The van der Waals surface area contributed by atoms with E-state index in [0.29, 0.717) is 0 Å². The van der Waals surface area contributed by atoms with Gasteiger partial charge in [-0.1, -0.05) is 12.5 Å². The lowest BCUT2D eigenvalue weighted by Crippen LogP contribution is -2.29. The lowest BCUT2D eigenvalue weighted by atomic mass is 10.1. The molecule has 1 aliphatic heterocycles. The highest BCUT2D eigenvalue weighted by Gasteiger charge is 2.13. The minimum absolute atomic E-state index is 0.840. The van der Waals surface area contributed by atoms with Crippen LogP contribution in [0.2, 0.25) is 0 Å². The zero-order chi connectivity index (χ0) is 17.6. The maximum atomic E-state index is 5.58. The number of aryl methyl sites for hydroxylation is 2. The molecule has 0 saturated carbocycles. The minimum atomic E-state index is 0.840. The molecule has 2 heterocycles. The number of hydrogen-bond acceptors (Lipinski definition) is 4. The van der Waals surface area contributed by atoms with Gasteiger partial charge in [0, 0.05) is 44.0 Å². The number of nitrogens with one attached hydrogen (secondary N) is 1. The zero-order valence-corrected chi connectivity index (χ0v) is 15.7. The molecule has 1 aliphatic rings. The highest BCUT2D eigenvalue weighted by molar-refractivity contribution is 5.37. The van der Waals surface area contributed by atoms with Crippen molar-refractivity contribution in [2.75, 3.05) is 20.2 Å². The molecule has 0 amide bonds. The molecule has 1 saturated heterocycles. The Morgan fingerprint density at radius 1 is 1.12 bits per heavy atom. The van der Waals surface area contributed by atoms with Gasteiger partial charge in [0.1, 0.15) is 5.75 Å². The van der Waals surface area contributed by atoms with E-state index in [2.05, 4.69) is 46.6 Å². The van der Waals surface area contributed by atoms with Gasteiger partial charge in [-0.15, -0.1) is 0 Å². The standard InChI is InChI=1S/C20H30N4O/c1-16-19(14-23(2)22-16)13-21-12-17-7-8-20(25-3)18(11-17)15-24-9-5-4-6-10-24/h7-8,11,14,21H,4-6,9-10,12-13,15H2,1-3H3. The van der Waals surface area contributed by atoms with Crippen molar-refractivity contribution < 1.29 is 4.74 Å². The monoisotopic (exact) mass is 342 g/mol. The van der Waals surface area contributed by atoms with Crippen molar-refractivity contribution in [3.63, 3.8) is 0 Å². The fourth-order valence-electron chi connectivity index (χ4n) is 3.59. The molecule has 5 heteroatoms. The van der Waals surface area contributed by atoms with E-state index in [1.54, 1.807) is 7.11 Å². The predicted molar refractivity (Wildman–Crippen MR) is 101 cm³/mol. The number of nitrogens with zero attached hydrogens (tertiary/aromatic N) is 3. The van der Waals surface area contributed by atoms with E-state index in [0.717, 1.165) is 31.1 Å². The van der Waals surface area contributed by atoms with Crippen LogP contribution in [0.4, 0.5) is 0 Å². The van der Waals surface area contributed by atoms with E-state index in [1.807, 2.05) is 11.7 Å². The van der Waals surface area contributed by atoms with Gasteiger partial charge in [-0.3, -0.25) is 9.58 Å². The molecule has 0 spiro atoms. The Bertz CT molecular complexity index is 689. The summed E-state index contributed by atoms with van der Waals surface area (Å²) in [6.07, 6.45) is 6.07. The van der Waals surface area contributed by atoms with Crippen LogP contribution in [0.25, 0.3) is 0 Å². The van der Waals surface area contributed by atoms with Gasteiger partial charge in [0.05, 0.1) is 12.8 Å². The van der Waals surface area contributed by atoms with Gasteiger partial charge in [0.25, 0.3) is 0 Å². The average molecular weight is 342 g/mol. The van der Waals surface area contributed by atoms with Crippen molar-refractivity contribution in [3.05, 3.63) is 46.8 Å². The van der Waals surface area contributed by atoms with Crippen molar-refractivity contribution in [2.24, 2.45) is 7.05 Å². The molecule has 3 rings (SSSR count). The molecule has 1 aromatic carbocycles. The third kappa shape index (κ3) is 4.83. The second kappa shape index (κ2) is 8.50. The molecule has 1 aromatic heterocycles. The first-order valence-corrected chi connectivity index (χ1v) is 9.23. The van der Waals surface area contributed by atoms with E-state index in [4.69, 9.17) is 4.74 Å². The fraction of sp³-hybridized carbons (Fsp3) is 0.550. The number of rotatable bonds is 7. The van der Waals surface area contributed by atoms with Crippen LogP contribution < -0.4 is 10.1 Å². The summed E-state index contributed by atoms with van der Waals surface area (Å²) in [5, 5.41) is 7.93. The number of piperidine rings is 1. The second-order valence-corrected chi connectivity index (χ2v) is 7.00. The Morgan fingerprint density at radius 3 is 2.60 bits per heavy atom. The quantitative estimate of drug-likeness (QED) is 0.840. The van der Waals surface area contributed by atoms with Crippen molar-refractivity contribution >= 4 is 0 Å². The summed E-state index contributed by atoms with van der Waals surface area (Å²) in [7, 11) is 3.73. The van der Waals surface area contributed by atoms with E-state index >= 15 is 0 Å². The normalized spacial score (nSPS) is 15.5. The van der Waals surface area contributed by atoms with Gasteiger partial charge >= 0.3 is 0 Å². The molecule has 1 fully saturated rings. The summed E-state index contributed by atoms with van der Waals surface area (Å²) in [5.41, 5.74) is 4.94. The molecule has 2 aromatic rings. The molecule has 0 unspecified atom stereocenters. The smallest absolute Gasteiger partial charge is 0.123 e. The molecular weight excluding hydrogens is 312 g/mol. The number of hydrogen-bond donors (Lipinski definition) is 1. The molecule has 136 valence electrons. The Labute approximate surface area is 151 Å². The molecule has 1 N–H and O–H groups in total. The van der Waals surface area contributed by atoms with Crippen LogP contribution >= 0.6 is 0 Å². The van der Waals surface area contributed by atoms with Crippen LogP contribution in [-0.4, -0.2) is 34.9 Å². The molecule has 25 heavy (non-hydrogen) atoms. The average Bonchev–Trinajstić information content (AvgIpc) is 2.93. The van der Waals surface area contributed by atoms with Gasteiger partial charge < -0.3 is 10.1 Å². The first kappa shape index (κ1) is 18.0. The van der Waals surface area contributed by atoms with Crippen molar-refractivity contribution in [1.29, 1.82) is 0 Å². The summed E-state index contributed by atoms with van der Waals surface area (Å²) in [6, 6.07) is 6.55. The third-order valence-electron chi connectivity index (χ3n) is 4.95. The van der Waals surface area contributed by atoms with Crippen LogP contribution in [0.1, 0.15) is 41.6 Å². The fourth-order valence-corrected chi connectivity index (χ4v) is 3.59. The Hall–Kier alpha value is -1.85. The number of ether oxygens (including phenoxy) is 1. The van der Waals surface area contributed by atoms with Gasteiger partial charge in [-0.2, -0.15) is 5.10 Å². The third-order valence-corrected chi connectivity index (χ3v) is 4.95.